The summed E-state index contributed by atoms with van der Waals surface area (Å²) in [6.45, 7) is 8.46. The second kappa shape index (κ2) is 7.88. The first-order chi connectivity index (χ1) is 11.2. The van der Waals surface area contributed by atoms with E-state index >= 15 is 0 Å². The highest BCUT2D eigenvalue weighted by Gasteiger charge is 2.20. The Balaban J connectivity index is 2.28. The lowest BCUT2D eigenvalue weighted by molar-refractivity contribution is -0.112. The normalized spacial score (nSPS) is 18.7. The van der Waals surface area contributed by atoms with E-state index in [1.165, 1.54) is 0 Å². The summed E-state index contributed by atoms with van der Waals surface area (Å²) in [5.74, 6) is 0.0323. The number of ketones is 1. The SMILES string of the molecule is C=C/C=C(C=C)/C=C1\CNC/C(=C\c2ccc(C#N)cc2)C1=O. The molecule has 0 radical (unpaired) electrons. The van der Waals surface area contributed by atoms with Crippen molar-refractivity contribution in [3.63, 3.8) is 0 Å². The molecule has 3 nitrogen and oxygen atoms in total. The van der Waals surface area contributed by atoms with Crippen LogP contribution in [0.15, 0.2) is 78.4 Å². The molecule has 1 heterocycles. The Morgan fingerprint density at radius 1 is 1.17 bits per heavy atom. The number of benzene rings is 1. The van der Waals surface area contributed by atoms with Crippen LogP contribution in [0, 0.1) is 11.3 Å². The Bertz CT molecular complexity index is 756. The lowest BCUT2D eigenvalue weighted by Crippen LogP contribution is -2.33. The molecule has 114 valence electrons. The third-order valence-corrected chi connectivity index (χ3v) is 3.48. The van der Waals surface area contributed by atoms with Gasteiger partial charge in [0.15, 0.2) is 5.78 Å². The number of rotatable bonds is 4. The summed E-state index contributed by atoms with van der Waals surface area (Å²) in [6.07, 6.45) is 8.86. The molecule has 1 aromatic rings. The molecule has 1 N–H and O–H groups in total. The molecule has 0 saturated carbocycles. The van der Waals surface area contributed by atoms with Gasteiger partial charge in [-0.3, -0.25) is 4.79 Å². The van der Waals surface area contributed by atoms with E-state index in [0.717, 1.165) is 11.1 Å². The average molecular weight is 302 g/mol. The van der Waals surface area contributed by atoms with E-state index in [9.17, 15) is 4.79 Å². The number of carbonyl (C=O) groups is 1. The summed E-state index contributed by atoms with van der Waals surface area (Å²) < 4.78 is 0. The number of nitrogens with zero attached hydrogens (tertiary/aromatic N) is 1. The fraction of sp³-hybridized carbons (Fsp3) is 0.100. The van der Waals surface area contributed by atoms with Gasteiger partial charge in [0.1, 0.15) is 0 Å². The minimum Gasteiger partial charge on any atom is -0.308 e. The number of nitrogens with one attached hydrogen (secondary N) is 1. The summed E-state index contributed by atoms with van der Waals surface area (Å²) in [5.41, 5.74) is 3.76. The molecule has 1 aliphatic rings. The lowest BCUT2D eigenvalue weighted by atomic mass is 9.95. The first kappa shape index (κ1) is 16.4. The summed E-state index contributed by atoms with van der Waals surface area (Å²) >= 11 is 0. The smallest absolute Gasteiger partial charge is 0.187 e. The zero-order valence-electron chi connectivity index (χ0n) is 12.9. The summed E-state index contributed by atoms with van der Waals surface area (Å²) in [5, 5.41) is 12.1. The van der Waals surface area contributed by atoms with Gasteiger partial charge in [0.25, 0.3) is 0 Å². The number of hydrogen-bond donors (Lipinski definition) is 1. The number of allylic oxidation sites excluding steroid dienone is 5. The fourth-order valence-electron chi connectivity index (χ4n) is 2.30. The number of Topliss-reactive ketones (excluding diaryl/α,β-unsaturated/α-hetero) is 1. The van der Waals surface area contributed by atoms with Crippen LogP contribution in [0.2, 0.25) is 0 Å². The van der Waals surface area contributed by atoms with Gasteiger partial charge >= 0.3 is 0 Å². The van der Waals surface area contributed by atoms with Gasteiger partial charge in [0.05, 0.1) is 11.6 Å². The molecule has 0 amide bonds. The fourth-order valence-corrected chi connectivity index (χ4v) is 2.30. The maximum Gasteiger partial charge on any atom is 0.187 e. The zero-order valence-corrected chi connectivity index (χ0v) is 12.9. The second-order valence-electron chi connectivity index (χ2n) is 5.11. The van der Waals surface area contributed by atoms with Gasteiger partial charge in [-0.1, -0.05) is 43.5 Å². The molecule has 0 bridgehead atoms. The van der Waals surface area contributed by atoms with Crippen LogP contribution < -0.4 is 5.32 Å². The minimum absolute atomic E-state index is 0.0323. The minimum atomic E-state index is 0.0323. The van der Waals surface area contributed by atoms with E-state index in [4.69, 9.17) is 5.26 Å². The average Bonchev–Trinajstić information content (AvgIpc) is 2.58. The molecule has 1 fully saturated rings. The molecule has 0 aromatic heterocycles. The van der Waals surface area contributed by atoms with Gasteiger partial charge < -0.3 is 5.32 Å². The highest BCUT2D eigenvalue weighted by molar-refractivity contribution is 6.12. The first-order valence-corrected chi connectivity index (χ1v) is 7.30. The third-order valence-electron chi connectivity index (χ3n) is 3.48. The van der Waals surface area contributed by atoms with Gasteiger partial charge in [-0.15, -0.1) is 0 Å². The summed E-state index contributed by atoms with van der Waals surface area (Å²) in [6, 6.07) is 9.24. The van der Waals surface area contributed by atoms with E-state index in [1.807, 2.05) is 30.4 Å². The van der Waals surface area contributed by atoms with Gasteiger partial charge in [-0.25, -0.2) is 0 Å². The van der Waals surface area contributed by atoms with Gasteiger partial charge in [-0.05, 0) is 35.4 Å². The molecule has 3 heteroatoms. The molecule has 0 aliphatic carbocycles. The van der Waals surface area contributed by atoms with Crippen LogP contribution in [-0.4, -0.2) is 18.9 Å². The Morgan fingerprint density at radius 3 is 2.48 bits per heavy atom. The van der Waals surface area contributed by atoms with Gasteiger partial charge in [0, 0.05) is 24.2 Å². The quantitative estimate of drug-likeness (QED) is 0.685. The number of hydrogen-bond acceptors (Lipinski definition) is 3. The largest absolute Gasteiger partial charge is 0.308 e. The van der Waals surface area contributed by atoms with Crippen molar-refractivity contribution in [2.24, 2.45) is 0 Å². The molecule has 0 spiro atoms. The van der Waals surface area contributed by atoms with E-state index in [1.54, 1.807) is 24.3 Å². The lowest BCUT2D eigenvalue weighted by Gasteiger charge is -2.18. The van der Waals surface area contributed by atoms with Crippen molar-refractivity contribution in [3.8, 4) is 6.07 Å². The molecule has 1 aliphatic heterocycles. The van der Waals surface area contributed by atoms with Crippen LogP contribution in [0.3, 0.4) is 0 Å². The van der Waals surface area contributed by atoms with Crippen molar-refractivity contribution in [1.82, 2.24) is 5.32 Å². The molecule has 2 rings (SSSR count). The standard InChI is InChI=1S/C20H18N2O/c1-3-5-15(4-2)10-18-13-22-14-19(20(18)23)11-16-6-8-17(12-21)9-7-16/h3-11,22H,1-2,13-14H2/b15-5+,18-10+,19-11+. The van der Waals surface area contributed by atoms with E-state index in [2.05, 4.69) is 24.5 Å². The van der Waals surface area contributed by atoms with E-state index in [-0.39, 0.29) is 5.78 Å². The van der Waals surface area contributed by atoms with Crippen molar-refractivity contribution < 1.29 is 4.79 Å². The molecule has 1 saturated heterocycles. The van der Waals surface area contributed by atoms with Crippen LogP contribution >= 0.6 is 0 Å². The molecular formula is C20H18N2O. The van der Waals surface area contributed by atoms with Crippen molar-refractivity contribution in [2.75, 3.05) is 13.1 Å². The predicted octanol–water partition coefficient (Wildman–Crippen LogP) is 3.34. The highest BCUT2D eigenvalue weighted by atomic mass is 16.1. The van der Waals surface area contributed by atoms with Gasteiger partial charge in [0.2, 0.25) is 0 Å². The van der Waals surface area contributed by atoms with Crippen molar-refractivity contribution >= 4 is 11.9 Å². The summed E-state index contributed by atoms with van der Waals surface area (Å²) in [4.78, 5) is 12.6. The molecule has 23 heavy (non-hydrogen) atoms. The van der Waals surface area contributed by atoms with Crippen LogP contribution in [0.1, 0.15) is 11.1 Å². The summed E-state index contributed by atoms with van der Waals surface area (Å²) in [7, 11) is 0. The van der Waals surface area contributed by atoms with Crippen molar-refractivity contribution in [2.45, 2.75) is 0 Å². The Kier molecular flexibility index (Phi) is 5.62. The second-order valence-corrected chi connectivity index (χ2v) is 5.11. The van der Waals surface area contributed by atoms with Crippen LogP contribution in [0.5, 0.6) is 0 Å². The highest BCUT2D eigenvalue weighted by Crippen LogP contribution is 2.17. The predicted molar refractivity (Wildman–Crippen MR) is 93.6 cm³/mol. The number of nitriles is 1. The number of piperidine rings is 1. The van der Waals surface area contributed by atoms with Crippen LogP contribution in [-0.2, 0) is 4.79 Å². The molecule has 0 atom stereocenters. The molecule has 1 aromatic carbocycles. The van der Waals surface area contributed by atoms with E-state index in [0.29, 0.717) is 29.8 Å². The van der Waals surface area contributed by atoms with Crippen LogP contribution in [0.4, 0.5) is 0 Å². The maximum absolute atomic E-state index is 12.6. The molecular weight excluding hydrogens is 284 g/mol. The zero-order chi connectivity index (χ0) is 16.7. The van der Waals surface area contributed by atoms with E-state index < -0.39 is 0 Å². The topological polar surface area (TPSA) is 52.9 Å². The third kappa shape index (κ3) is 4.26. The molecule has 0 unspecified atom stereocenters. The van der Waals surface area contributed by atoms with Crippen molar-refractivity contribution in [1.29, 1.82) is 5.26 Å². The Hall–Kier alpha value is -2.96. The van der Waals surface area contributed by atoms with Crippen molar-refractivity contribution in [3.05, 3.63) is 89.6 Å². The number of carbonyl (C=O) groups excluding carboxylic acids is 1. The maximum atomic E-state index is 12.6. The van der Waals surface area contributed by atoms with Gasteiger partial charge in [-0.2, -0.15) is 5.26 Å². The Labute approximate surface area is 136 Å². The monoisotopic (exact) mass is 302 g/mol. The first-order valence-electron chi connectivity index (χ1n) is 7.30. The van der Waals surface area contributed by atoms with Crippen LogP contribution in [0.25, 0.3) is 6.08 Å². The Morgan fingerprint density at radius 2 is 1.87 bits per heavy atom.